The van der Waals surface area contributed by atoms with Crippen molar-refractivity contribution in [3.05, 3.63) is 54.4 Å². The highest BCUT2D eigenvalue weighted by molar-refractivity contribution is 5.99. The molecule has 0 aliphatic carbocycles. The van der Waals surface area contributed by atoms with Gasteiger partial charge in [-0.25, -0.2) is 4.98 Å². The van der Waals surface area contributed by atoms with E-state index in [2.05, 4.69) is 10.3 Å². The molecule has 3 aromatic rings. The molecule has 1 aromatic carbocycles. The number of nitrogens with zero attached hydrogens (tertiary/aromatic N) is 3. The maximum Gasteiger partial charge on any atom is 0.272 e. The average molecular weight is 392 g/mol. The lowest BCUT2D eigenvalue weighted by atomic mass is 10.1. The first-order valence-electron chi connectivity index (χ1n) is 9.85. The van der Waals surface area contributed by atoms with Crippen LogP contribution in [0.3, 0.4) is 0 Å². The van der Waals surface area contributed by atoms with Gasteiger partial charge in [0.05, 0.1) is 12.8 Å². The normalized spacial score (nSPS) is 13.8. The van der Waals surface area contributed by atoms with Crippen LogP contribution >= 0.6 is 0 Å². The van der Waals surface area contributed by atoms with Crippen molar-refractivity contribution in [3.63, 3.8) is 0 Å². The van der Waals surface area contributed by atoms with Crippen LogP contribution in [0.1, 0.15) is 29.8 Å². The predicted octanol–water partition coefficient (Wildman–Crippen LogP) is 2.75. The number of methoxy groups -OCH3 is 1. The average Bonchev–Trinajstić information content (AvgIpc) is 3.34. The highest BCUT2D eigenvalue weighted by atomic mass is 16.5. The number of carbonyl (C=O) groups is 2. The SMILES string of the molecule is COc1ccc(-c2c(C(=O)NCCCN3CCCC3=O)nc3ccccn23)cc1. The standard InChI is InChI=1S/C22H24N4O3/c1-29-17-10-8-16(9-11-17)21-20(24-18-6-2-3-15-26(18)21)22(28)23-12-5-14-25-13-4-7-19(25)27/h2-3,6,8-11,15H,4-5,7,12-14H2,1H3,(H,23,28). The van der Waals surface area contributed by atoms with E-state index in [0.29, 0.717) is 30.9 Å². The molecule has 0 atom stereocenters. The second kappa shape index (κ2) is 8.34. The van der Waals surface area contributed by atoms with Crippen LogP contribution in [0.2, 0.25) is 0 Å². The zero-order valence-corrected chi connectivity index (χ0v) is 16.4. The van der Waals surface area contributed by atoms with E-state index >= 15 is 0 Å². The number of nitrogens with one attached hydrogen (secondary N) is 1. The van der Waals surface area contributed by atoms with Gasteiger partial charge in [-0.15, -0.1) is 0 Å². The summed E-state index contributed by atoms with van der Waals surface area (Å²) in [5.74, 6) is 0.746. The summed E-state index contributed by atoms with van der Waals surface area (Å²) < 4.78 is 7.15. The first kappa shape index (κ1) is 19.0. The number of ether oxygens (including phenoxy) is 1. The maximum atomic E-state index is 12.9. The van der Waals surface area contributed by atoms with Crippen LogP contribution in [0, 0.1) is 0 Å². The van der Waals surface area contributed by atoms with Crippen molar-refractivity contribution in [2.75, 3.05) is 26.7 Å². The van der Waals surface area contributed by atoms with Crippen LogP contribution in [0.25, 0.3) is 16.9 Å². The van der Waals surface area contributed by atoms with Crippen molar-refractivity contribution in [1.82, 2.24) is 19.6 Å². The minimum atomic E-state index is -0.215. The number of aromatic nitrogens is 2. The first-order chi connectivity index (χ1) is 14.2. The Balaban J connectivity index is 1.52. The van der Waals surface area contributed by atoms with E-state index in [4.69, 9.17) is 4.74 Å². The summed E-state index contributed by atoms with van der Waals surface area (Å²) in [6, 6.07) is 13.3. The van der Waals surface area contributed by atoms with E-state index in [1.165, 1.54) is 0 Å². The molecule has 1 aliphatic heterocycles. The zero-order chi connectivity index (χ0) is 20.2. The summed E-state index contributed by atoms with van der Waals surface area (Å²) >= 11 is 0. The van der Waals surface area contributed by atoms with Crippen LogP contribution in [0.5, 0.6) is 5.75 Å². The Kier molecular flexibility index (Phi) is 5.46. The van der Waals surface area contributed by atoms with Gasteiger partial charge in [0, 0.05) is 37.8 Å². The number of imidazole rings is 1. The Labute approximate surface area is 169 Å². The quantitative estimate of drug-likeness (QED) is 0.628. The molecule has 7 heteroatoms. The van der Waals surface area contributed by atoms with Crippen LogP contribution in [0.4, 0.5) is 0 Å². The number of fused-ring (bicyclic) bond motifs is 1. The molecule has 0 spiro atoms. The molecule has 4 rings (SSSR count). The van der Waals surface area contributed by atoms with Crippen molar-refractivity contribution in [1.29, 1.82) is 0 Å². The summed E-state index contributed by atoms with van der Waals surface area (Å²) in [6.07, 6.45) is 4.19. The molecule has 3 heterocycles. The van der Waals surface area contributed by atoms with Crippen molar-refractivity contribution in [2.24, 2.45) is 0 Å². The van der Waals surface area contributed by atoms with Crippen LogP contribution < -0.4 is 10.1 Å². The van der Waals surface area contributed by atoms with E-state index in [0.717, 1.165) is 36.4 Å². The molecule has 1 N–H and O–H groups in total. The topological polar surface area (TPSA) is 75.9 Å². The van der Waals surface area contributed by atoms with Gasteiger partial charge in [0.1, 0.15) is 11.4 Å². The molecule has 2 amide bonds. The molecular formula is C22H24N4O3. The number of likely N-dealkylation sites (tertiary alicyclic amines) is 1. The van der Waals surface area contributed by atoms with Gasteiger partial charge < -0.3 is 15.0 Å². The van der Waals surface area contributed by atoms with Gasteiger partial charge in [-0.05, 0) is 49.2 Å². The van der Waals surface area contributed by atoms with Crippen LogP contribution in [-0.2, 0) is 4.79 Å². The number of hydrogen-bond donors (Lipinski definition) is 1. The molecule has 0 unspecified atom stereocenters. The molecule has 0 saturated carbocycles. The van der Waals surface area contributed by atoms with Crippen molar-refractivity contribution in [2.45, 2.75) is 19.3 Å². The van der Waals surface area contributed by atoms with Gasteiger partial charge in [0.2, 0.25) is 5.91 Å². The van der Waals surface area contributed by atoms with Crippen LogP contribution in [0.15, 0.2) is 48.7 Å². The van der Waals surface area contributed by atoms with Gasteiger partial charge in [-0.2, -0.15) is 0 Å². The lowest BCUT2D eigenvalue weighted by Crippen LogP contribution is -2.31. The fourth-order valence-corrected chi connectivity index (χ4v) is 3.67. The van der Waals surface area contributed by atoms with E-state index in [-0.39, 0.29) is 11.8 Å². The zero-order valence-electron chi connectivity index (χ0n) is 16.4. The molecule has 0 bridgehead atoms. The Bertz CT molecular complexity index is 1030. The van der Waals surface area contributed by atoms with Gasteiger partial charge in [0.15, 0.2) is 5.69 Å². The lowest BCUT2D eigenvalue weighted by molar-refractivity contribution is -0.127. The largest absolute Gasteiger partial charge is 0.497 e. The number of rotatable bonds is 7. The molecule has 29 heavy (non-hydrogen) atoms. The highest BCUT2D eigenvalue weighted by Gasteiger charge is 2.21. The van der Waals surface area contributed by atoms with E-state index in [1.54, 1.807) is 7.11 Å². The predicted molar refractivity (Wildman–Crippen MR) is 110 cm³/mol. The third-order valence-electron chi connectivity index (χ3n) is 5.17. The molecule has 1 fully saturated rings. The van der Waals surface area contributed by atoms with Gasteiger partial charge in [0.25, 0.3) is 5.91 Å². The fraction of sp³-hybridized carbons (Fsp3) is 0.318. The third-order valence-corrected chi connectivity index (χ3v) is 5.17. The summed E-state index contributed by atoms with van der Waals surface area (Å²) in [6.45, 7) is 2.00. The van der Waals surface area contributed by atoms with E-state index in [1.807, 2.05) is 58.0 Å². The van der Waals surface area contributed by atoms with E-state index in [9.17, 15) is 9.59 Å². The Morgan fingerprint density at radius 3 is 2.76 bits per heavy atom. The number of amides is 2. The van der Waals surface area contributed by atoms with Crippen molar-refractivity contribution < 1.29 is 14.3 Å². The van der Waals surface area contributed by atoms with Gasteiger partial charge in [-0.1, -0.05) is 6.07 Å². The van der Waals surface area contributed by atoms with Gasteiger partial charge in [-0.3, -0.25) is 14.0 Å². The smallest absolute Gasteiger partial charge is 0.272 e. The Morgan fingerprint density at radius 1 is 1.21 bits per heavy atom. The summed E-state index contributed by atoms with van der Waals surface area (Å²) in [4.78, 5) is 31.0. The number of benzene rings is 1. The Hall–Kier alpha value is -3.35. The monoisotopic (exact) mass is 392 g/mol. The molecule has 150 valence electrons. The summed E-state index contributed by atoms with van der Waals surface area (Å²) in [5, 5.41) is 2.95. The van der Waals surface area contributed by atoms with Crippen LogP contribution in [-0.4, -0.2) is 52.8 Å². The van der Waals surface area contributed by atoms with Gasteiger partial charge >= 0.3 is 0 Å². The molecule has 1 saturated heterocycles. The number of carbonyl (C=O) groups excluding carboxylic acids is 2. The number of pyridine rings is 1. The van der Waals surface area contributed by atoms with E-state index < -0.39 is 0 Å². The third kappa shape index (κ3) is 3.94. The molecule has 7 nitrogen and oxygen atoms in total. The minimum Gasteiger partial charge on any atom is -0.497 e. The maximum absolute atomic E-state index is 12.9. The summed E-state index contributed by atoms with van der Waals surface area (Å²) in [7, 11) is 1.62. The Morgan fingerprint density at radius 2 is 2.03 bits per heavy atom. The number of hydrogen-bond acceptors (Lipinski definition) is 4. The second-order valence-corrected chi connectivity index (χ2v) is 7.06. The minimum absolute atomic E-state index is 0.207. The van der Waals surface area contributed by atoms with Crippen molar-refractivity contribution in [3.8, 4) is 17.0 Å². The summed E-state index contributed by atoms with van der Waals surface area (Å²) in [5.41, 5.74) is 2.73. The second-order valence-electron chi connectivity index (χ2n) is 7.06. The van der Waals surface area contributed by atoms with Crippen molar-refractivity contribution >= 4 is 17.5 Å². The fourth-order valence-electron chi connectivity index (χ4n) is 3.67. The highest BCUT2D eigenvalue weighted by Crippen LogP contribution is 2.27. The molecule has 0 radical (unpaired) electrons. The molecular weight excluding hydrogens is 368 g/mol. The lowest BCUT2D eigenvalue weighted by Gasteiger charge is -2.15. The molecule has 1 aliphatic rings. The molecule has 2 aromatic heterocycles. The first-order valence-corrected chi connectivity index (χ1v) is 9.85.